The van der Waals surface area contributed by atoms with Crippen molar-refractivity contribution < 1.29 is 47.8 Å². The topological polar surface area (TPSA) is 133 Å². The molecule has 0 aliphatic rings. The molecule has 0 aliphatic heterocycles. The lowest BCUT2D eigenvalue weighted by molar-refractivity contribution is -0.873. The van der Waals surface area contributed by atoms with Crippen LogP contribution in [0.2, 0.25) is 0 Å². The van der Waals surface area contributed by atoms with Crippen molar-refractivity contribution in [1.29, 1.82) is 0 Å². The molecule has 0 N–H and O–H groups in total. The van der Waals surface area contributed by atoms with E-state index in [2.05, 4.69) is 0 Å². The van der Waals surface area contributed by atoms with Gasteiger partial charge in [-0.15, -0.1) is 0 Å². The summed E-state index contributed by atoms with van der Waals surface area (Å²) >= 11 is 0. The first kappa shape index (κ1) is 37.8. The summed E-state index contributed by atoms with van der Waals surface area (Å²) in [4.78, 5) is 46.0. The van der Waals surface area contributed by atoms with Gasteiger partial charge in [-0.1, -0.05) is 64.2 Å². The summed E-state index contributed by atoms with van der Waals surface area (Å²) in [6.07, 6.45) is 11.3. The highest BCUT2D eigenvalue weighted by molar-refractivity contribution is 5.71. The Bertz CT molecular complexity index is 681. The zero-order valence-electron chi connectivity index (χ0n) is 26.0. The fraction of sp³-hybridized carbons (Fsp3) is 0.867. The third-order valence-corrected chi connectivity index (χ3v) is 6.40. The molecule has 0 saturated heterocycles. The highest BCUT2D eigenvalue weighted by Crippen LogP contribution is 2.15. The molecule has 234 valence electrons. The zero-order chi connectivity index (χ0) is 30.6. The van der Waals surface area contributed by atoms with Crippen molar-refractivity contribution in [3.8, 4) is 0 Å². The van der Waals surface area contributed by atoms with Gasteiger partial charge in [-0.2, -0.15) is 0 Å². The van der Waals surface area contributed by atoms with Crippen molar-refractivity contribution in [3.05, 3.63) is 0 Å². The van der Waals surface area contributed by atoms with E-state index in [1.807, 2.05) is 42.3 Å². The van der Waals surface area contributed by atoms with Crippen molar-refractivity contribution in [2.45, 2.75) is 115 Å². The number of hydrogen-bond donors (Lipinski definition) is 0. The van der Waals surface area contributed by atoms with E-state index in [9.17, 15) is 29.4 Å². The van der Waals surface area contributed by atoms with Crippen LogP contribution in [0, 0.1) is 0 Å². The molecule has 0 spiro atoms. The Morgan fingerprint density at radius 1 is 0.500 bits per heavy atom. The minimum atomic E-state index is -1.21. The van der Waals surface area contributed by atoms with Crippen LogP contribution < -0.4 is 10.2 Å². The highest BCUT2D eigenvalue weighted by Gasteiger charge is 2.23. The Balaban J connectivity index is 3.74. The van der Waals surface area contributed by atoms with Gasteiger partial charge < -0.3 is 38.2 Å². The molecule has 0 radical (unpaired) electrons. The molecule has 0 aromatic rings. The molecule has 0 heterocycles. The molecular formula is C30H56N2O8. The summed E-state index contributed by atoms with van der Waals surface area (Å²) in [6, 6.07) is 0. The summed E-state index contributed by atoms with van der Waals surface area (Å²) in [6.45, 7) is 0.862. The number of carbonyl (C=O) groups is 4. The van der Waals surface area contributed by atoms with Crippen molar-refractivity contribution in [1.82, 2.24) is 0 Å². The van der Waals surface area contributed by atoms with Crippen LogP contribution in [0.15, 0.2) is 0 Å². The van der Waals surface area contributed by atoms with E-state index < -0.39 is 24.1 Å². The molecule has 0 aromatic heterocycles. The van der Waals surface area contributed by atoms with Gasteiger partial charge in [0.25, 0.3) is 0 Å². The maximum atomic E-state index is 12.1. The van der Waals surface area contributed by atoms with Crippen LogP contribution in [0.1, 0.15) is 103 Å². The predicted octanol–water partition coefficient (Wildman–Crippen LogP) is 1.96. The largest absolute Gasteiger partial charge is 0.550 e. The van der Waals surface area contributed by atoms with Gasteiger partial charge in [0.2, 0.25) is 0 Å². The number of nitrogens with zero attached hydrogens (tertiary/aromatic N) is 2. The SMILES string of the molecule is C[N+](C)(C)CC(CC(=O)[O-])OC(=O)CCCCCCCCCCCCCCC(=O)OC(CC(=O)[O-])C[N+](C)(C)C. The lowest BCUT2D eigenvalue weighted by Gasteiger charge is -2.29. The van der Waals surface area contributed by atoms with Gasteiger partial charge in [0.1, 0.15) is 13.1 Å². The van der Waals surface area contributed by atoms with Crippen molar-refractivity contribution in [2.75, 3.05) is 55.4 Å². The second kappa shape index (κ2) is 20.6. The molecule has 0 amide bonds. The van der Waals surface area contributed by atoms with Crippen LogP contribution in [-0.4, -0.2) is 100 Å². The molecule has 2 unspecified atom stereocenters. The second-order valence-corrected chi connectivity index (χ2v) is 13.1. The van der Waals surface area contributed by atoms with Gasteiger partial charge in [0, 0.05) is 37.6 Å². The predicted molar refractivity (Wildman–Crippen MR) is 149 cm³/mol. The summed E-state index contributed by atoms with van der Waals surface area (Å²) < 4.78 is 11.8. The fourth-order valence-corrected chi connectivity index (χ4v) is 4.68. The van der Waals surface area contributed by atoms with Gasteiger partial charge in [-0.25, -0.2) is 0 Å². The van der Waals surface area contributed by atoms with E-state index in [0.29, 0.717) is 34.9 Å². The van der Waals surface area contributed by atoms with Crippen molar-refractivity contribution >= 4 is 23.9 Å². The molecule has 10 heteroatoms. The average Bonchev–Trinajstić information content (AvgIpc) is 2.75. The van der Waals surface area contributed by atoms with Crippen LogP contribution in [0.4, 0.5) is 0 Å². The third kappa shape index (κ3) is 26.0. The van der Waals surface area contributed by atoms with E-state index >= 15 is 0 Å². The van der Waals surface area contributed by atoms with Crippen molar-refractivity contribution in [3.63, 3.8) is 0 Å². The minimum absolute atomic E-state index is 0.276. The van der Waals surface area contributed by atoms with E-state index in [0.717, 1.165) is 51.4 Å². The number of ether oxygens (including phenoxy) is 2. The van der Waals surface area contributed by atoms with Crippen LogP contribution in [0.3, 0.4) is 0 Å². The number of unbranched alkanes of at least 4 members (excludes halogenated alkanes) is 11. The first-order chi connectivity index (χ1) is 18.6. The van der Waals surface area contributed by atoms with Gasteiger partial charge in [-0.05, 0) is 12.8 Å². The van der Waals surface area contributed by atoms with E-state index in [1.54, 1.807) is 0 Å². The number of esters is 2. The Kier molecular flexibility index (Phi) is 19.5. The molecule has 0 aromatic carbocycles. The number of carbonyl (C=O) groups excluding carboxylic acids is 4. The average molecular weight is 573 g/mol. The summed E-state index contributed by atoms with van der Waals surface area (Å²) in [7, 11) is 11.5. The van der Waals surface area contributed by atoms with E-state index in [1.165, 1.54) is 25.7 Å². The number of aliphatic carboxylic acids is 2. The number of likely N-dealkylation sites (N-methyl/N-ethyl adjacent to an activating group) is 2. The van der Waals surface area contributed by atoms with E-state index in [4.69, 9.17) is 9.47 Å². The Morgan fingerprint density at radius 2 is 0.750 bits per heavy atom. The lowest BCUT2D eigenvalue weighted by Crippen LogP contribution is -2.45. The number of quaternary nitrogens is 2. The molecular weight excluding hydrogens is 516 g/mol. The van der Waals surface area contributed by atoms with Crippen LogP contribution in [0.25, 0.3) is 0 Å². The molecule has 0 fully saturated rings. The molecule has 40 heavy (non-hydrogen) atoms. The lowest BCUT2D eigenvalue weighted by atomic mass is 10.0. The smallest absolute Gasteiger partial charge is 0.306 e. The first-order valence-electron chi connectivity index (χ1n) is 15.0. The molecule has 0 saturated carbocycles. The number of hydrogen-bond acceptors (Lipinski definition) is 8. The van der Waals surface area contributed by atoms with E-state index in [-0.39, 0.29) is 24.8 Å². The maximum absolute atomic E-state index is 12.1. The monoisotopic (exact) mass is 572 g/mol. The van der Waals surface area contributed by atoms with Crippen LogP contribution in [0.5, 0.6) is 0 Å². The summed E-state index contributed by atoms with van der Waals surface area (Å²) in [5.74, 6) is -3.09. The minimum Gasteiger partial charge on any atom is -0.550 e. The van der Waals surface area contributed by atoms with Gasteiger partial charge >= 0.3 is 11.9 Å². The van der Waals surface area contributed by atoms with Crippen LogP contribution >= 0.6 is 0 Å². The third-order valence-electron chi connectivity index (χ3n) is 6.40. The normalized spacial score (nSPS) is 13.4. The summed E-state index contributed by atoms with van der Waals surface area (Å²) in [5, 5.41) is 21.9. The number of carboxylic acid groups (broad SMARTS) is 2. The number of carboxylic acids is 2. The highest BCUT2D eigenvalue weighted by atomic mass is 16.5. The van der Waals surface area contributed by atoms with Crippen LogP contribution in [-0.2, 0) is 28.7 Å². The molecule has 0 rings (SSSR count). The van der Waals surface area contributed by atoms with Gasteiger partial charge in [0.05, 0.1) is 42.3 Å². The zero-order valence-corrected chi connectivity index (χ0v) is 26.0. The second-order valence-electron chi connectivity index (χ2n) is 13.1. The van der Waals surface area contributed by atoms with Crippen molar-refractivity contribution in [2.24, 2.45) is 0 Å². The molecule has 10 nitrogen and oxygen atoms in total. The number of rotatable bonds is 25. The Hall–Kier alpha value is -2.20. The quantitative estimate of drug-likeness (QED) is 0.0921. The first-order valence-corrected chi connectivity index (χ1v) is 15.0. The fourth-order valence-electron chi connectivity index (χ4n) is 4.68. The van der Waals surface area contributed by atoms with Gasteiger partial charge in [0.15, 0.2) is 12.2 Å². The van der Waals surface area contributed by atoms with Gasteiger partial charge in [-0.3, -0.25) is 9.59 Å². The Labute approximate surface area is 242 Å². The molecule has 0 bridgehead atoms. The molecule has 2 atom stereocenters. The molecule has 0 aliphatic carbocycles. The summed E-state index contributed by atoms with van der Waals surface area (Å²) in [5.41, 5.74) is 0. The Morgan fingerprint density at radius 3 is 0.975 bits per heavy atom. The maximum Gasteiger partial charge on any atom is 0.306 e. The standard InChI is InChI=1S/C30H56N2O8/c1-31(2,3)23-25(21-27(33)34)39-29(37)19-17-15-13-11-9-7-8-10-12-14-16-18-20-30(38)40-26(22-28(35)36)24-32(4,5)6/h25-26H,7-24H2,1-6H3.